The van der Waals surface area contributed by atoms with Crippen LogP contribution in [-0.2, 0) is 23.4 Å². The second-order valence-electron chi connectivity index (χ2n) is 8.40. The quantitative estimate of drug-likeness (QED) is 0.303. The van der Waals surface area contributed by atoms with Gasteiger partial charge < -0.3 is 38.5 Å². The Bertz CT molecular complexity index is 952. The van der Waals surface area contributed by atoms with E-state index in [-0.39, 0.29) is 65.7 Å². The maximum absolute atomic E-state index is 11.2. The number of ether oxygens (including phenoxy) is 1. The Morgan fingerprint density at radius 2 is 1.38 bits per heavy atom. The number of hydrogen-bond donors (Lipinski definition) is 3. The number of benzene rings is 2. The minimum Gasteiger partial charge on any atom is -0.555 e. The van der Waals surface area contributed by atoms with Gasteiger partial charge in [-0.25, -0.2) is 0 Å². The molecule has 3 aliphatic rings. The van der Waals surface area contributed by atoms with Gasteiger partial charge in [0.15, 0.2) is 5.79 Å². The first-order chi connectivity index (χ1) is 14.3. The molecule has 3 aliphatic heterocycles. The van der Waals surface area contributed by atoms with Gasteiger partial charge in [0.1, 0.15) is 0 Å². The molecular formula is C20H24B2Na2O8. The number of aliphatic hydroxyl groups excluding tert-OH is 1. The molecule has 0 radical (unpaired) electrons. The summed E-state index contributed by atoms with van der Waals surface area (Å²) in [5.41, 5.74) is 2.96. The topological polar surface area (TPSA) is 107 Å². The number of fused-ring (bicyclic) bond motifs is 3. The normalized spacial score (nSPS) is 37.7. The van der Waals surface area contributed by atoms with Crippen LogP contribution in [0.2, 0.25) is 0 Å². The van der Waals surface area contributed by atoms with Crippen molar-refractivity contribution in [3.8, 4) is 0 Å². The van der Waals surface area contributed by atoms with Crippen LogP contribution >= 0.6 is 0 Å². The Kier molecular flexibility index (Phi) is 8.15. The molecule has 0 saturated carbocycles. The minimum absolute atomic E-state index is 0. The Labute approximate surface area is 231 Å². The molecule has 0 spiro atoms. The third kappa shape index (κ3) is 4.45. The second-order valence-corrected chi connectivity index (χ2v) is 8.40. The summed E-state index contributed by atoms with van der Waals surface area (Å²) in [6.07, 6.45) is -2.46. The zero-order chi connectivity index (χ0) is 21.1. The number of rotatable bonds is 3. The van der Waals surface area contributed by atoms with Crippen LogP contribution in [0.25, 0.3) is 0 Å². The first-order valence-electron chi connectivity index (χ1n) is 10.1. The SMILES string of the molecule is Cc1ccc([B-]2(O)O[13C@@H]3[13C@@H]([13CH2]O[13C@@]4([13CH2]O)O[B-](O)(c5ccc(C)cc5)O[13C@@H]34)O2)cc1.[Na+].[Na+]. The molecule has 0 amide bonds. The van der Waals surface area contributed by atoms with E-state index < -0.39 is 44.2 Å². The zero-order valence-corrected chi connectivity index (χ0v) is 22.8. The third-order valence-electron chi connectivity index (χ3n) is 6.20. The molecule has 8 nitrogen and oxygen atoms in total. The number of aryl methyl sites for hydroxylation is 2. The van der Waals surface area contributed by atoms with Gasteiger partial charge in [-0.15, -0.1) is 10.9 Å². The Hall–Kier alpha value is 0.250. The van der Waals surface area contributed by atoms with Crippen molar-refractivity contribution in [2.24, 2.45) is 0 Å². The monoisotopic (exact) mass is 466 g/mol. The average Bonchev–Trinajstić information content (AvgIpc) is 3.24. The smallest absolute Gasteiger partial charge is 0.555 e. The fourth-order valence-corrected chi connectivity index (χ4v) is 4.48. The van der Waals surface area contributed by atoms with Crippen LogP contribution in [0.15, 0.2) is 48.5 Å². The van der Waals surface area contributed by atoms with Crippen molar-refractivity contribution in [1.82, 2.24) is 0 Å². The first kappa shape index (κ1) is 26.8. The predicted molar refractivity (Wildman–Crippen MR) is 109 cm³/mol. The Morgan fingerprint density at radius 1 is 0.844 bits per heavy atom. The molecule has 160 valence electrons. The molecule has 3 fully saturated rings. The van der Waals surface area contributed by atoms with E-state index in [2.05, 4.69) is 0 Å². The molecule has 3 heterocycles. The van der Waals surface area contributed by atoms with Gasteiger partial charge in [-0.1, -0.05) is 59.7 Å². The van der Waals surface area contributed by atoms with Gasteiger partial charge in [0.05, 0.1) is 31.5 Å². The molecule has 12 heteroatoms. The molecule has 32 heavy (non-hydrogen) atoms. The van der Waals surface area contributed by atoms with Crippen molar-refractivity contribution in [2.45, 2.75) is 37.9 Å². The van der Waals surface area contributed by atoms with Crippen molar-refractivity contribution in [1.29, 1.82) is 0 Å². The van der Waals surface area contributed by atoms with Crippen molar-refractivity contribution < 1.29 is 97.6 Å². The van der Waals surface area contributed by atoms with E-state index in [1.54, 1.807) is 24.3 Å². The van der Waals surface area contributed by atoms with Gasteiger partial charge in [0, 0.05) is 0 Å². The minimum atomic E-state index is -2.93. The first-order valence-corrected chi connectivity index (χ1v) is 10.1. The van der Waals surface area contributed by atoms with E-state index in [1.165, 1.54) is 0 Å². The molecule has 5 rings (SSSR count). The van der Waals surface area contributed by atoms with Crippen molar-refractivity contribution >= 4 is 24.4 Å². The van der Waals surface area contributed by atoms with Crippen molar-refractivity contribution in [3.05, 3.63) is 59.7 Å². The predicted octanol–water partition coefficient (Wildman–Crippen LogP) is -6.79. The van der Waals surface area contributed by atoms with Crippen LogP contribution in [0.5, 0.6) is 0 Å². The third-order valence-corrected chi connectivity index (χ3v) is 6.20. The molecule has 0 bridgehead atoms. The maximum Gasteiger partial charge on any atom is 1.00 e. The molecule has 0 aliphatic carbocycles. The van der Waals surface area contributed by atoms with E-state index in [0.717, 1.165) is 11.1 Å². The summed E-state index contributed by atoms with van der Waals surface area (Å²) in [7, 11) is 0. The summed E-state index contributed by atoms with van der Waals surface area (Å²) in [6, 6.07) is 14.2. The van der Waals surface area contributed by atoms with Crippen LogP contribution in [0.1, 0.15) is 11.1 Å². The molecule has 3 saturated heterocycles. The van der Waals surface area contributed by atoms with Gasteiger partial charge in [-0.2, -0.15) is 0 Å². The van der Waals surface area contributed by atoms with E-state index >= 15 is 0 Å². The Balaban J connectivity index is 0.00000144. The average molecular weight is 466 g/mol. The van der Waals surface area contributed by atoms with Gasteiger partial charge in [-0.3, -0.25) is 0 Å². The summed E-state index contributed by atoms with van der Waals surface area (Å²) < 4.78 is 29.4. The van der Waals surface area contributed by atoms with Gasteiger partial charge in [-0.05, 0) is 13.8 Å². The van der Waals surface area contributed by atoms with E-state index in [9.17, 15) is 15.2 Å². The molecule has 6 atom stereocenters. The zero-order valence-electron chi connectivity index (χ0n) is 18.8. The molecule has 2 aromatic rings. The van der Waals surface area contributed by atoms with Crippen LogP contribution in [0.3, 0.4) is 0 Å². The Morgan fingerprint density at radius 3 is 1.91 bits per heavy atom. The fourth-order valence-electron chi connectivity index (χ4n) is 4.48. The molecule has 2 unspecified atom stereocenters. The van der Waals surface area contributed by atoms with Crippen LogP contribution in [0.4, 0.5) is 0 Å². The summed E-state index contributed by atoms with van der Waals surface area (Å²) in [5, 5.41) is 32.3. The van der Waals surface area contributed by atoms with Gasteiger partial charge >= 0.3 is 72.6 Å². The second kappa shape index (κ2) is 9.72. The van der Waals surface area contributed by atoms with E-state index in [0.29, 0.717) is 10.9 Å². The molecule has 0 aromatic heterocycles. The molecular weight excluding hydrogens is 442 g/mol. The van der Waals surface area contributed by atoms with Crippen LogP contribution in [0, 0.1) is 13.8 Å². The van der Waals surface area contributed by atoms with Crippen LogP contribution < -0.4 is 70.0 Å². The number of aliphatic hydroxyl groups is 1. The van der Waals surface area contributed by atoms with E-state index in [4.69, 9.17) is 23.4 Å². The molecule has 3 N–H and O–H groups in total. The standard InChI is InChI=1S/C20H24B2O8.2Na/c1-13-3-7-15(8-4-13)21(24)27-17-11-26-20(12-23)19(18(17)28-21)29-22(25,30-20)16-9-5-14(2)6-10-16;;/h3-10,17-19,23-25H,11-12H2,1-2H3;;/q-2;2*+1/t17-,18-,19+,20+,21?,22?;;/m1../s1/i11+1,12+1,17+1,18+1,19+1,20+1;;. The van der Waals surface area contributed by atoms with Crippen molar-refractivity contribution in [3.63, 3.8) is 0 Å². The summed E-state index contributed by atoms with van der Waals surface area (Å²) in [5.74, 6) is -1.63. The molecule has 2 aromatic carbocycles. The largest absolute Gasteiger partial charge is 1.00 e. The van der Waals surface area contributed by atoms with E-state index in [1.807, 2.05) is 38.1 Å². The summed E-state index contributed by atoms with van der Waals surface area (Å²) >= 11 is 0. The fraction of sp³-hybridized carbons (Fsp3) is 0.400. The van der Waals surface area contributed by atoms with Crippen molar-refractivity contribution in [2.75, 3.05) is 13.2 Å². The maximum atomic E-state index is 11.2. The summed E-state index contributed by atoms with van der Waals surface area (Å²) in [6.45, 7) is -2.39. The summed E-state index contributed by atoms with van der Waals surface area (Å²) in [4.78, 5) is 0. The van der Waals surface area contributed by atoms with Gasteiger partial charge in [0.25, 0.3) is 0 Å². The van der Waals surface area contributed by atoms with Crippen LogP contribution in [-0.4, -0.2) is 66.0 Å². The number of hydrogen-bond acceptors (Lipinski definition) is 8. The van der Waals surface area contributed by atoms with Gasteiger partial charge in [0.2, 0.25) is 0 Å².